The van der Waals surface area contributed by atoms with Gasteiger partial charge in [0.1, 0.15) is 0 Å². The normalized spacial score (nSPS) is 36.0. The quantitative estimate of drug-likeness (QED) is 0.574. The van der Waals surface area contributed by atoms with Crippen LogP contribution in [0.25, 0.3) is 0 Å². The van der Waals surface area contributed by atoms with Crippen LogP contribution in [0.3, 0.4) is 0 Å². The predicted octanol–water partition coefficient (Wildman–Crippen LogP) is 0.675. The maximum atomic E-state index is 10.2. The minimum absolute atomic E-state index is 0.0885. The van der Waals surface area contributed by atoms with E-state index in [1.165, 1.54) is 0 Å². The molecule has 2 bridgehead atoms. The molecule has 3 unspecified atom stereocenters. The first-order chi connectivity index (χ1) is 9.62. The minimum atomic E-state index is -1.34. The average molecular weight is 292 g/mol. The van der Waals surface area contributed by atoms with Crippen LogP contribution >= 0.6 is 0 Å². The Morgan fingerprint density at radius 3 is 1.95 bits per heavy atom. The molecule has 3 saturated carbocycles. The summed E-state index contributed by atoms with van der Waals surface area (Å²) in [4.78, 5) is 0. The van der Waals surface area contributed by atoms with Crippen molar-refractivity contribution in [2.45, 2.75) is 51.2 Å². The van der Waals surface area contributed by atoms with Gasteiger partial charge in [0.2, 0.25) is 0 Å². The molecule has 0 spiro atoms. The van der Waals surface area contributed by atoms with E-state index >= 15 is 0 Å². The van der Waals surface area contributed by atoms with Crippen molar-refractivity contribution in [3.05, 3.63) is 30.3 Å². The van der Waals surface area contributed by atoms with E-state index in [-0.39, 0.29) is 5.41 Å². The van der Waals surface area contributed by atoms with Crippen molar-refractivity contribution in [1.82, 2.24) is 0 Å². The molecular weight excluding hydrogens is 267 g/mol. The highest BCUT2D eigenvalue weighted by molar-refractivity contribution is 6.58. The van der Waals surface area contributed by atoms with Gasteiger partial charge in [0, 0.05) is 0 Å². The van der Waals surface area contributed by atoms with Gasteiger partial charge in [0.15, 0.2) is 0 Å². The minimum Gasteiger partial charge on any atom is -0.423 e. The van der Waals surface area contributed by atoms with Crippen molar-refractivity contribution in [3.8, 4) is 0 Å². The Morgan fingerprint density at radius 1 is 1.05 bits per heavy atom. The van der Waals surface area contributed by atoms with E-state index in [1.807, 2.05) is 6.07 Å². The van der Waals surface area contributed by atoms with Crippen LogP contribution in [0.1, 0.15) is 40.0 Å². The molecule has 0 heterocycles. The Labute approximate surface area is 126 Å². The van der Waals surface area contributed by atoms with Crippen LogP contribution < -0.4 is 5.46 Å². The largest absolute Gasteiger partial charge is 0.488 e. The number of rotatable bonds is 1. The van der Waals surface area contributed by atoms with E-state index in [9.17, 15) is 10.2 Å². The maximum Gasteiger partial charge on any atom is 0.488 e. The van der Waals surface area contributed by atoms with E-state index in [0.717, 1.165) is 19.3 Å². The van der Waals surface area contributed by atoms with Crippen LogP contribution in [-0.4, -0.2) is 38.6 Å². The van der Waals surface area contributed by atoms with Gasteiger partial charge in [0.05, 0.1) is 11.2 Å². The maximum absolute atomic E-state index is 10.2. The Kier molecular flexibility index (Phi) is 4.24. The Bertz CT molecular complexity index is 476. The smallest absolute Gasteiger partial charge is 0.423 e. The topological polar surface area (TPSA) is 80.9 Å². The van der Waals surface area contributed by atoms with Crippen molar-refractivity contribution in [1.29, 1.82) is 0 Å². The summed E-state index contributed by atoms with van der Waals surface area (Å²) < 4.78 is 0. The predicted molar refractivity (Wildman–Crippen MR) is 83.0 cm³/mol. The van der Waals surface area contributed by atoms with Gasteiger partial charge in [0.25, 0.3) is 0 Å². The van der Waals surface area contributed by atoms with Crippen molar-refractivity contribution in [3.63, 3.8) is 0 Å². The van der Waals surface area contributed by atoms with E-state index in [1.54, 1.807) is 31.2 Å². The Hall–Kier alpha value is -0.875. The number of hydrogen-bond donors (Lipinski definition) is 4. The molecule has 0 saturated heterocycles. The fourth-order valence-electron chi connectivity index (χ4n) is 3.75. The molecule has 3 fully saturated rings. The summed E-state index contributed by atoms with van der Waals surface area (Å²) in [5.41, 5.74) is -1.26. The first-order valence-corrected chi connectivity index (χ1v) is 7.48. The standard InChI is InChI=1S/C10H18O2.C6H7BO2/c1-8(2)7-4-5-9(3,11)10(8,12)6-7;8-7(9)6-4-2-1-3-5-6/h7,11-12H,4-6H2,1-3H3;1-5,8-9H. The van der Waals surface area contributed by atoms with Gasteiger partial charge < -0.3 is 20.3 Å². The molecule has 1 aromatic carbocycles. The lowest BCUT2D eigenvalue weighted by Gasteiger charge is -2.68. The lowest BCUT2D eigenvalue weighted by atomic mass is 9.41. The highest BCUT2D eigenvalue weighted by Crippen LogP contribution is 2.65. The molecule has 3 aliphatic rings. The van der Waals surface area contributed by atoms with Gasteiger partial charge in [-0.05, 0) is 43.0 Å². The lowest BCUT2D eigenvalue weighted by Crippen LogP contribution is -2.74. The van der Waals surface area contributed by atoms with Gasteiger partial charge in [-0.2, -0.15) is 0 Å². The third-order valence-electron chi connectivity index (χ3n) is 5.60. The van der Waals surface area contributed by atoms with Crippen LogP contribution in [0.5, 0.6) is 0 Å². The van der Waals surface area contributed by atoms with Crippen LogP contribution in [0.15, 0.2) is 30.3 Å². The first-order valence-electron chi connectivity index (χ1n) is 7.48. The summed E-state index contributed by atoms with van der Waals surface area (Å²) in [7, 11) is -1.34. The summed E-state index contributed by atoms with van der Waals surface area (Å²) in [5.74, 6) is 0.614. The Balaban J connectivity index is 0.000000161. The van der Waals surface area contributed by atoms with Crippen LogP contribution in [0, 0.1) is 11.3 Å². The van der Waals surface area contributed by atoms with Crippen molar-refractivity contribution in [2.75, 3.05) is 0 Å². The summed E-state index contributed by atoms with van der Waals surface area (Å²) >= 11 is 0. The highest BCUT2D eigenvalue weighted by atomic mass is 16.4. The van der Waals surface area contributed by atoms with Gasteiger partial charge in [-0.15, -0.1) is 0 Å². The van der Waals surface area contributed by atoms with E-state index in [4.69, 9.17) is 10.0 Å². The van der Waals surface area contributed by atoms with Gasteiger partial charge >= 0.3 is 7.12 Å². The first kappa shape index (κ1) is 16.5. The second-order valence-corrected chi connectivity index (χ2v) is 7.08. The average Bonchev–Trinajstić information content (AvgIpc) is 2.43. The van der Waals surface area contributed by atoms with E-state index < -0.39 is 18.3 Å². The zero-order valence-electron chi connectivity index (χ0n) is 13.0. The molecule has 0 amide bonds. The van der Waals surface area contributed by atoms with Crippen LogP contribution in [0.4, 0.5) is 0 Å². The number of fused-ring (bicyclic) bond motifs is 2. The lowest BCUT2D eigenvalue weighted by molar-refractivity contribution is -0.312. The molecule has 3 aliphatic carbocycles. The zero-order chi connectivity index (χ0) is 15.9. The monoisotopic (exact) mass is 292 g/mol. The molecule has 4 nitrogen and oxygen atoms in total. The molecule has 4 rings (SSSR count). The van der Waals surface area contributed by atoms with Crippen molar-refractivity contribution in [2.24, 2.45) is 11.3 Å². The second kappa shape index (κ2) is 5.40. The molecule has 1 aromatic rings. The SMILES string of the molecule is CC1(O)CCC2CC1(O)C2(C)C.OB(O)c1ccccc1. The van der Waals surface area contributed by atoms with Crippen LogP contribution in [-0.2, 0) is 0 Å². The fraction of sp³-hybridized carbons (Fsp3) is 0.625. The summed E-state index contributed by atoms with van der Waals surface area (Å²) in [6, 6.07) is 8.66. The van der Waals surface area contributed by atoms with Crippen LogP contribution in [0.2, 0.25) is 0 Å². The van der Waals surface area contributed by atoms with E-state index in [2.05, 4.69) is 13.8 Å². The highest BCUT2D eigenvalue weighted by Gasteiger charge is 2.69. The zero-order valence-corrected chi connectivity index (χ0v) is 13.0. The number of benzene rings is 1. The molecule has 0 aliphatic heterocycles. The molecule has 116 valence electrons. The summed E-state index contributed by atoms with van der Waals surface area (Å²) in [6.07, 6.45) is 2.59. The molecule has 21 heavy (non-hydrogen) atoms. The number of aliphatic hydroxyl groups is 2. The third kappa shape index (κ3) is 2.64. The summed E-state index contributed by atoms with van der Waals surface area (Å²) in [5, 5.41) is 37.4. The van der Waals surface area contributed by atoms with Gasteiger partial charge in [-0.25, -0.2) is 0 Å². The molecule has 0 aromatic heterocycles. The molecule has 4 N–H and O–H groups in total. The molecule has 5 heteroatoms. The third-order valence-corrected chi connectivity index (χ3v) is 5.60. The van der Waals surface area contributed by atoms with Gasteiger partial charge in [-0.1, -0.05) is 44.2 Å². The molecule has 3 atom stereocenters. The second-order valence-electron chi connectivity index (χ2n) is 7.08. The molecular formula is C16H25BO4. The van der Waals surface area contributed by atoms with Gasteiger partial charge in [-0.3, -0.25) is 0 Å². The molecule has 0 radical (unpaired) electrons. The summed E-state index contributed by atoms with van der Waals surface area (Å²) in [6.45, 7) is 5.90. The Morgan fingerprint density at radius 2 is 1.62 bits per heavy atom. The van der Waals surface area contributed by atoms with E-state index in [0.29, 0.717) is 11.4 Å². The number of hydrogen-bond acceptors (Lipinski definition) is 4. The fourth-order valence-corrected chi connectivity index (χ4v) is 3.75. The van der Waals surface area contributed by atoms with Crippen molar-refractivity contribution >= 4 is 12.6 Å². The van der Waals surface area contributed by atoms with Crippen molar-refractivity contribution < 1.29 is 20.3 Å².